The Morgan fingerprint density at radius 1 is 1.14 bits per heavy atom. The predicted octanol–water partition coefficient (Wildman–Crippen LogP) is 3.95. The van der Waals surface area contributed by atoms with Gasteiger partial charge in [-0.2, -0.15) is 0 Å². The van der Waals surface area contributed by atoms with Crippen molar-refractivity contribution in [1.29, 1.82) is 0 Å². The first kappa shape index (κ1) is 9.22. The van der Waals surface area contributed by atoms with Gasteiger partial charge in [0.15, 0.2) is 0 Å². The molecule has 2 heteroatoms. The molecule has 0 nitrogen and oxygen atoms in total. The van der Waals surface area contributed by atoms with Crippen molar-refractivity contribution in [3.05, 3.63) is 59.4 Å². The summed E-state index contributed by atoms with van der Waals surface area (Å²) in [6.45, 7) is 0. The molecule has 0 unspecified atom stereocenters. The number of hydrogen-bond donors (Lipinski definition) is 0. The second kappa shape index (κ2) is 3.81. The van der Waals surface area contributed by atoms with Crippen molar-refractivity contribution in [3.63, 3.8) is 0 Å². The molecule has 2 rings (SSSR count). The Morgan fingerprint density at radius 3 is 2.57 bits per heavy atom. The van der Waals surface area contributed by atoms with Crippen LogP contribution in [-0.2, 0) is 0 Å². The number of hydrogen-bond acceptors (Lipinski definition) is 0. The highest BCUT2D eigenvalue weighted by molar-refractivity contribution is 6.33. The van der Waals surface area contributed by atoms with Gasteiger partial charge in [0.05, 0.1) is 5.02 Å². The first-order chi connectivity index (χ1) is 6.77. The summed E-state index contributed by atoms with van der Waals surface area (Å²) in [4.78, 5) is 0. The van der Waals surface area contributed by atoms with Crippen LogP contribution in [0.1, 0.15) is 0 Å². The van der Waals surface area contributed by atoms with Crippen LogP contribution in [0.15, 0.2) is 42.5 Å². The lowest BCUT2D eigenvalue weighted by Gasteiger charge is -2.03. The van der Waals surface area contributed by atoms with Gasteiger partial charge < -0.3 is 0 Å². The normalized spacial score (nSPS) is 10.1. The third-order valence-corrected chi connectivity index (χ3v) is 2.25. The van der Waals surface area contributed by atoms with Crippen LogP contribution >= 0.6 is 11.6 Å². The van der Waals surface area contributed by atoms with Crippen molar-refractivity contribution in [2.45, 2.75) is 0 Å². The van der Waals surface area contributed by atoms with Gasteiger partial charge in [-0.15, -0.1) is 0 Å². The Hall–Kier alpha value is -1.34. The van der Waals surface area contributed by atoms with Crippen LogP contribution in [0.25, 0.3) is 11.1 Å². The van der Waals surface area contributed by atoms with Crippen LogP contribution in [-0.4, -0.2) is 0 Å². The van der Waals surface area contributed by atoms with Crippen molar-refractivity contribution in [3.8, 4) is 11.1 Å². The maximum Gasteiger partial charge on any atom is 0.124 e. The van der Waals surface area contributed by atoms with Gasteiger partial charge in [0.25, 0.3) is 0 Å². The van der Waals surface area contributed by atoms with Gasteiger partial charge in [0.1, 0.15) is 5.82 Å². The topological polar surface area (TPSA) is 0 Å². The summed E-state index contributed by atoms with van der Waals surface area (Å²) < 4.78 is 12.9. The predicted molar refractivity (Wildman–Crippen MR) is 55.7 cm³/mol. The standard InChI is InChI=1S/C12H7ClF/c13-12-7-6-10(14)8-11(12)9-4-2-1-3-5-9/h1-6,8H. The molecule has 0 aliphatic carbocycles. The molecule has 0 fully saturated rings. The monoisotopic (exact) mass is 205 g/mol. The van der Waals surface area contributed by atoms with Crippen LogP contribution in [0.5, 0.6) is 0 Å². The zero-order valence-corrected chi connectivity index (χ0v) is 8.05. The molecule has 69 valence electrons. The van der Waals surface area contributed by atoms with Crippen LogP contribution < -0.4 is 0 Å². The Bertz CT molecular complexity index is 437. The minimum Gasteiger partial charge on any atom is -0.207 e. The molecular formula is C12H7ClF. The van der Waals surface area contributed by atoms with E-state index in [1.165, 1.54) is 12.1 Å². The molecule has 0 bridgehead atoms. The SMILES string of the molecule is Fc1c[c]c(Cl)c(-c2ccccc2)c1. The van der Waals surface area contributed by atoms with Crippen LogP contribution in [0.2, 0.25) is 5.02 Å². The maximum absolute atomic E-state index is 12.9. The lowest BCUT2D eigenvalue weighted by Crippen LogP contribution is -1.81. The van der Waals surface area contributed by atoms with Gasteiger partial charge in [-0.1, -0.05) is 41.9 Å². The fraction of sp³-hybridized carbons (Fsp3) is 0. The number of halogens is 2. The molecule has 0 aliphatic rings. The zero-order valence-electron chi connectivity index (χ0n) is 7.30. The highest BCUT2D eigenvalue weighted by Gasteiger charge is 2.03. The Morgan fingerprint density at radius 2 is 1.86 bits per heavy atom. The average Bonchev–Trinajstić information content (AvgIpc) is 2.23. The third kappa shape index (κ3) is 1.78. The molecule has 0 saturated carbocycles. The van der Waals surface area contributed by atoms with Gasteiger partial charge in [0, 0.05) is 11.6 Å². The second-order valence-corrected chi connectivity index (χ2v) is 3.29. The van der Waals surface area contributed by atoms with Crippen molar-refractivity contribution < 1.29 is 4.39 Å². The van der Waals surface area contributed by atoms with E-state index in [1.54, 1.807) is 0 Å². The summed E-state index contributed by atoms with van der Waals surface area (Å²) in [5.41, 5.74) is 1.57. The van der Waals surface area contributed by atoms with Crippen molar-refractivity contribution >= 4 is 11.6 Å². The van der Waals surface area contributed by atoms with Crippen LogP contribution in [0, 0.1) is 11.9 Å². The molecular weight excluding hydrogens is 199 g/mol. The summed E-state index contributed by atoms with van der Waals surface area (Å²) in [6, 6.07) is 14.7. The molecule has 0 aromatic heterocycles. The average molecular weight is 206 g/mol. The zero-order chi connectivity index (χ0) is 9.97. The number of rotatable bonds is 1. The Labute approximate surface area is 87.0 Å². The number of benzene rings is 2. The molecule has 0 spiro atoms. The third-order valence-electron chi connectivity index (χ3n) is 1.94. The summed E-state index contributed by atoms with van der Waals surface area (Å²) in [5, 5.41) is 0.442. The van der Waals surface area contributed by atoms with E-state index in [2.05, 4.69) is 6.07 Å². The van der Waals surface area contributed by atoms with Crippen molar-refractivity contribution in [1.82, 2.24) is 0 Å². The molecule has 14 heavy (non-hydrogen) atoms. The fourth-order valence-corrected chi connectivity index (χ4v) is 1.50. The molecule has 0 aliphatic heterocycles. The van der Waals surface area contributed by atoms with E-state index in [1.807, 2.05) is 30.3 Å². The highest BCUT2D eigenvalue weighted by Crippen LogP contribution is 2.27. The molecule has 2 aromatic rings. The summed E-state index contributed by atoms with van der Waals surface area (Å²) in [5.74, 6) is -0.326. The molecule has 0 heterocycles. The minimum absolute atomic E-state index is 0.326. The molecule has 0 amide bonds. The van der Waals surface area contributed by atoms with E-state index in [0.717, 1.165) is 5.56 Å². The van der Waals surface area contributed by atoms with E-state index in [4.69, 9.17) is 11.6 Å². The molecule has 0 atom stereocenters. The molecule has 1 radical (unpaired) electrons. The first-order valence-electron chi connectivity index (χ1n) is 4.19. The van der Waals surface area contributed by atoms with Crippen LogP contribution in [0.4, 0.5) is 4.39 Å². The van der Waals surface area contributed by atoms with Gasteiger partial charge >= 0.3 is 0 Å². The van der Waals surface area contributed by atoms with E-state index < -0.39 is 0 Å². The van der Waals surface area contributed by atoms with Gasteiger partial charge in [0.2, 0.25) is 0 Å². The fourth-order valence-electron chi connectivity index (χ4n) is 1.28. The Kier molecular flexibility index (Phi) is 2.51. The minimum atomic E-state index is -0.326. The molecule has 0 saturated heterocycles. The summed E-state index contributed by atoms with van der Waals surface area (Å²) in [7, 11) is 0. The summed E-state index contributed by atoms with van der Waals surface area (Å²) in [6.07, 6.45) is 0. The first-order valence-corrected chi connectivity index (χ1v) is 4.57. The molecule has 0 N–H and O–H groups in total. The summed E-state index contributed by atoms with van der Waals surface area (Å²) >= 11 is 5.91. The smallest absolute Gasteiger partial charge is 0.124 e. The van der Waals surface area contributed by atoms with Crippen molar-refractivity contribution in [2.75, 3.05) is 0 Å². The van der Waals surface area contributed by atoms with Gasteiger partial charge in [-0.3, -0.25) is 0 Å². The van der Waals surface area contributed by atoms with E-state index in [9.17, 15) is 4.39 Å². The molecule has 2 aromatic carbocycles. The second-order valence-electron chi connectivity index (χ2n) is 2.91. The van der Waals surface area contributed by atoms with E-state index >= 15 is 0 Å². The maximum atomic E-state index is 12.9. The Balaban J connectivity index is 2.57. The van der Waals surface area contributed by atoms with E-state index in [-0.39, 0.29) is 5.82 Å². The largest absolute Gasteiger partial charge is 0.207 e. The highest BCUT2D eigenvalue weighted by atomic mass is 35.5. The van der Waals surface area contributed by atoms with Crippen molar-refractivity contribution in [2.24, 2.45) is 0 Å². The van der Waals surface area contributed by atoms with E-state index in [0.29, 0.717) is 10.6 Å². The lowest BCUT2D eigenvalue weighted by atomic mass is 10.1. The lowest BCUT2D eigenvalue weighted by molar-refractivity contribution is 0.628. The van der Waals surface area contributed by atoms with Crippen LogP contribution in [0.3, 0.4) is 0 Å². The van der Waals surface area contributed by atoms with Gasteiger partial charge in [-0.05, 0) is 17.7 Å². The quantitative estimate of drug-likeness (QED) is 0.662. The van der Waals surface area contributed by atoms with Gasteiger partial charge in [-0.25, -0.2) is 4.39 Å².